The van der Waals surface area contributed by atoms with Crippen molar-refractivity contribution in [2.75, 3.05) is 13.1 Å². The molecule has 1 saturated carbocycles. The van der Waals surface area contributed by atoms with Crippen LogP contribution in [0.3, 0.4) is 0 Å². The summed E-state index contributed by atoms with van der Waals surface area (Å²) < 4.78 is 0. The van der Waals surface area contributed by atoms with Gasteiger partial charge in [0.25, 0.3) is 0 Å². The van der Waals surface area contributed by atoms with Crippen molar-refractivity contribution < 1.29 is 4.79 Å². The topological polar surface area (TPSA) is 20.3 Å². The second-order valence-electron chi connectivity index (χ2n) is 5.86. The van der Waals surface area contributed by atoms with Crippen LogP contribution in [0.5, 0.6) is 0 Å². The van der Waals surface area contributed by atoms with Crippen LogP contribution in [0.4, 0.5) is 0 Å². The van der Waals surface area contributed by atoms with E-state index in [1.165, 1.54) is 64.2 Å². The minimum atomic E-state index is 0.443. The Bertz CT molecular complexity index is 223. The Kier molecular flexibility index (Phi) is 5.34. The first-order valence-electron chi connectivity index (χ1n) is 7.64. The second kappa shape index (κ2) is 7.03. The molecule has 0 radical (unpaired) electrons. The third-order valence-corrected chi connectivity index (χ3v) is 4.40. The zero-order valence-electron chi connectivity index (χ0n) is 11.1. The van der Waals surface area contributed by atoms with E-state index in [9.17, 15) is 4.79 Å². The quantitative estimate of drug-likeness (QED) is 0.670. The highest BCUT2D eigenvalue weighted by Gasteiger charge is 2.20. The van der Waals surface area contributed by atoms with Gasteiger partial charge in [-0.05, 0) is 31.6 Å². The molecule has 0 aromatic carbocycles. The van der Waals surface area contributed by atoms with Gasteiger partial charge in [0.05, 0.1) is 0 Å². The summed E-state index contributed by atoms with van der Waals surface area (Å²) >= 11 is 0. The molecule has 2 aliphatic rings. The number of hydrogen-bond acceptors (Lipinski definition) is 1. The van der Waals surface area contributed by atoms with Crippen LogP contribution in [-0.2, 0) is 4.79 Å². The Labute approximate surface area is 106 Å². The van der Waals surface area contributed by atoms with Crippen molar-refractivity contribution in [3.8, 4) is 0 Å². The Balaban J connectivity index is 1.77. The SMILES string of the molecule is O=C(CC1CCCCCC1)N1CCCCCC1. The lowest BCUT2D eigenvalue weighted by Crippen LogP contribution is -2.33. The van der Waals surface area contributed by atoms with Crippen molar-refractivity contribution >= 4 is 5.91 Å². The summed E-state index contributed by atoms with van der Waals surface area (Å²) in [4.78, 5) is 14.4. The smallest absolute Gasteiger partial charge is 0.222 e. The van der Waals surface area contributed by atoms with Crippen LogP contribution < -0.4 is 0 Å². The number of nitrogens with zero attached hydrogens (tertiary/aromatic N) is 1. The van der Waals surface area contributed by atoms with E-state index < -0.39 is 0 Å². The van der Waals surface area contributed by atoms with Gasteiger partial charge in [-0.1, -0.05) is 38.5 Å². The number of carbonyl (C=O) groups is 1. The number of carbonyl (C=O) groups excluding carboxylic acids is 1. The van der Waals surface area contributed by atoms with Crippen molar-refractivity contribution in [3.63, 3.8) is 0 Å². The van der Waals surface area contributed by atoms with Crippen molar-refractivity contribution in [2.45, 2.75) is 70.6 Å². The van der Waals surface area contributed by atoms with Crippen molar-refractivity contribution in [2.24, 2.45) is 5.92 Å². The summed E-state index contributed by atoms with van der Waals surface area (Å²) in [6, 6.07) is 0. The van der Waals surface area contributed by atoms with Crippen molar-refractivity contribution in [1.29, 1.82) is 0 Å². The van der Waals surface area contributed by atoms with E-state index in [1.807, 2.05) is 0 Å². The maximum absolute atomic E-state index is 12.3. The molecule has 1 aliphatic heterocycles. The Hall–Kier alpha value is -0.530. The summed E-state index contributed by atoms with van der Waals surface area (Å²) in [7, 11) is 0. The van der Waals surface area contributed by atoms with Crippen LogP contribution in [-0.4, -0.2) is 23.9 Å². The van der Waals surface area contributed by atoms with E-state index >= 15 is 0 Å². The lowest BCUT2D eigenvalue weighted by molar-refractivity contribution is -0.132. The van der Waals surface area contributed by atoms with Gasteiger partial charge in [0, 0.05) is 19.5 Å². The van der Waals surface area contributed by atoms with Gasteiger partial charge in [-0.15, -0.1) is 0 Å². The van der Waals surface area contributed by atoms with Gasteiger partial charge in [-0.2, -0.15) is 0 Å². The monoisotopic (exact) mass is 237 g/mol. The summed E-state index contributed by atoms with van der Waals surface area (Å²) in [5.74, 6) is 1.13. The molecule has 1 aliphatic carbocycles. The number of amides is 1. The third kappa shape index (κ3) is 4.33. The fourth-order valence-corrected chi connectivity index (χ4v) is 3.26. The maximum atomic E-state index is 12.3. The van der Waals surface area contributed by atoms with Gasteiger partial charge < -0.3 is 4.90 Å². The fourth-order valence-electron chi connectivity index (χ4n) is 3.26. The van der Waals surface area contributed by atoms with Crippen molar-refractivity contribution in [3.05, 3.63) is 0 Å². The van der Waals surface area contributed by atoms with Crippen LogP contribution in [0.2, 0.25) is 0 Å². The first-order valence-corrected chi connectivity index (χ1v) is 7.64. The number of hydrogen-bond donors (Lipinski definition) is 0. The molecule has 1 heterocycles. The van der Waals surface area contributed by atoms with Gasteiger partial charge >= 0.3 is 0 Å². The van der Waals surface area contributed by atoms with Gasteiger partial charge in [0.15, 0.2) is 0 Å². The second-order valence-corrected chi connectivity index (χ2v) is 5.86. The molecule has 1 amide bonds. The molecule has 0 bridgehead atoms. The molecule has 0 aromatic heterocycles. The molecular formula is C15H27NO. The molecule has 2 fully saturated rings. The molecule has 0 N–H and O–H groups in total. The molecular weight excluding hydrogens is 210 g/mol. The predicted molar refractivity (Wildman–Crippen MR) is 70.9 cm³/mol. The van der Waals surface area contributed by atoms with Gasteiger partial charge in [0.1, 0.15) is 0 Å². The minimum Gasteiger partial charge on any atom is -0.343 e. The summed E-state index contributed by atoms with van der Waals surface area (Å²) in [5, 5.41) is 0. The summed E-state index contributed by atoms with van der Waals surface area (Å²) in [6.07, 6.45) is 13.9. The fraction of sp³-hybridized carbons (Fsp3) is 0.933. The van der Waals surface area contributed by atoms with E-state index in [2.05, 4.69) is 4.90 Å². The van der Waals surface area contributed by atoms with E-state index in [0.29, 0.717) is 11.8 Å². The maximum Gasteiger partial charge on any atom is 0.222 e. The highest BCUT2D eigenvalue weighted by atomic mass is 16.2. The van der Waals surface area contributed by atoms with Crippen LogP contribution >= 0.6 is 0 Å². The third-order valence-electron chi connectivity index (χ3n) is 4.40. The first kappa shape index (κ1) is 12.9. The van der Waals surface area contributed by atoms with Crippen LogP contribution in [0.1, 0.15) is 70.6 Å². The highest BCUT2D eigenvalue weighted by Crippen LogP contribution is 2.26. The number of rotatable bonds is 2. The average molecular weight is 237 g/mol. The Morgan fingerprint density at radius 2 is 1.35 bits per heavy atom. The van der Waals surface area contributed by atoms with Gasteiger partial charge in [-0.25, -0.2) is 0 Å². The summed E-state index contributed by atoms with van der Waals surface area (Å²) in [5.41, 5.74) is 0. The zero-order valence-corrected chi connectivity index (χ0v) is 11.1. The summed E-state index contributed by atoms with van der Waals surface area (Å²) in [6.45, 7) is 2.04. The standard InChI is InChI=1S/C15H27NO/c17-15(16-11-7-3-4-8-12-16)13-14-9-5-1-2-6-10-14/h14H,1-13H2. The molecule has 1 saturated heterocycles. The average Bonchev–Trinajstić information content (AvgIpc) is 2.72. The van der Waals surface area contributed by atoms with Crippen molar-refractivity contribution in [1.82, 2.24) is 4.90 Å². The highest BCUT2D eigenvalue weighted by molar-refractivity contribution is 5.76. The predicted octanol–water partition coefficient (Wildman–Crippen LogP) is 3.75. The molecule has 0 aromatic rings. The zero-order chi connectivity index (χ0) is 11.9. The Morgan fingerprint density at radius 3 is 1.94 bits per heavy atom. The molecule has 0 unspecified atom stereocenters. The molecule has 2 heteroatoms. The van der Waals surface area contributed by atoms with Crippen LogP contribution in [0.15, 0.2) is 0 Å². The van der Waals surface area contributed by atoms with E-state index in [-0.39, 0.29) is 0 Å². The van der Waals surface area contributed by atoms with Gasteiger partial charge in [0.2, 0.25) is 5.91 Å². The lowest BCUT2D eigenvalue weighted by atomic mass is 9.96. The van der Waals surface area contributed by atoms with Gasteiger partial charge in [-0.3, -0.25) is 4.79 Å². The normalized spacial score (nSPS) is 24.1. The van der Waals surface area contributed by atoms with Crippen LogP contribution in [0, 0.1) is 5.92 Å². The van der Waals surface area contributed by atoms with Crippen LogP contribution in [0.25, 0.3) is 0 Å². The first-order chi connectivity index (χ1) is 8.36. The lowest BCUT2D eigenvalue weighted by Gasteiger charge is -2.23. The largest absolute Gasteiger partial charge is 0.343 e. The minimum absolute atomic E-state index is 0.443. The molecule has 0 atom stereocenters. The molecule has 17 heavy (non-hydrogen) atoms. The van der Waals surface area contributed by atoms with E-state index in [4.69, 9.17) is 0 Å². The molecule has 2 rings (SSSR count). The molecule has 0 spiro atoms. The molecule has 98 valence electrons. The van der Waals surface area contributed by atoms with E-state index in [1.54, 1.807) is 0 Å². The molecule has 2 nitrogen and oxygen atoms in total. The number of likely N-dealkylation sites (tertiary alicyclic amines) is 1. The Morgan fingerprint density at radius 1 is 0.824 bits per heavy atom. The van der Waals surface area contributed by atoms with E-state index in [0.717, 1.165) is 19.5 Å².